The van der Waals surface area contributed by atoms with Crippen molar-refractivity contribution in [2.75, 3.05) is 0 Å². The Bertz CT molecular complexity index is 271. The number of aromatic nitrogens is 2. The number of rotatable bonds is 1. The lowest BCUT2D eigenvalue weighted by Crippen LogP contribution is -2.16. The van der Waals surface area contributed by atoms with E-state index in [0.717, 1.165) is 11.4 Å². The highest BCUT2D eigenvalue weighted by atomic mass is 127. The molecule has 0 saturated heterocycles. The Hall–Kier alpha value is -0.190. The molecule has 0 aromatic carbocycles. The summed E-state index contributed by atoms with van der Waals surface area (Å²) in [6.45, 7) is 10.7. The molecular formula is C11H17IN2. The summed E-state index contributed by atoms with van der Waals surface area (Å²) in [4.78, 5) is 8.90. The van der Waals surface area contributed by atoms with Crippen molar-refractivity contribution in [2.45, 2.75) is 43.5 Å². The van der Waals surface area contributed by atoms with E-state index >= 15 is 0 Å². The Morgan fingerprint density at radius 1 is 0.929 bits per heavy atom. The minimum atomic E-state index is 0.0567. The fourth-order valence-electron chi connectivity index (χ4n) is 1.02. The van der Waals surface area contributed by atoms with Crippen LogP contribution in [0.1, 0.15) is 46.0 Å². The predicted octanol–water partition coefficient (Wildman–Crippen LogP) is 3.44. The topological polar surface area (TPSA) is 25.8 Å². The van der Waals surface area contributed by atoms with Crippen LogP contribution in [0.4, 0.5) is 0 Å². The van der Waals surface area contributed by atoms with Crippen molar-refractivity contribution in [3.8, 4) is 0 Å². The molecule has 0 radical (unpaired) electrons. The predicted molar refractivity (Wildman–Crippen MR) is 67.8 cm³/mol. The quantitative estimate of drug-likeness (QED) is 0.587. The summed E-state index contributed by atoms with van der Waals surface area (Å²) >= 11 is 2.37. The van der Waals surface area contributed by atoms with Gasteiger partial charge in [-0.25, -0.2) is 0 Å². The van der Waals surface area contributed by atoms with Gasteiger partial charge in [-0.15, -0.1) is 0 Å². The molecule has 1 heterocycles. The first-order valence-electron chi connectivity index (χ1n) is 4.73. The van der Waals surface area contributed by atoms with Crippen LogP contribution in [0.2, 0.25) is 0 Å². The highest BCUT2D eigenvalue weighted by Crippen LogP contribution is 2.29. The van der Waals surface area contributed by atoms with Crippen LogP contribution < -0.4 is 0 Å². The maximum Gasteiger partial charge on any atom is 0.0740 e. The van der Waals surface area contributed by atoms with Crippen LogP contribution in [0.25, 0.3) is 0 Å². The van der Waals surface area contributed by atoms with Gasteiger partial charge in [0.1, 0.15) is 0 Å². The van der Waals surface area contributed by atoms with Crippen LogP contribution in [0, 0.1) is 0 Å². The molecule has 1 rings (SSSR count). The second-order valence-electron chi connectivity index (χ2n) is 5.01. The first-order valence-corrected chi connectivity index (χ1v) is 5.81. The third-order valence-corrected chi connectivity index (χ3v) is 2.58. The molecule has 0 amide bonds. The molecule has 2 nitrogen and oxygen atoms in total. The van der Waals surface area contributed by atoms with Gasteiger partial charge in [-0.2, -0.15) is 0 Å². The van der Waals surface area contributed by atoms with E-state index in [0.29, 0.717) is 0 Å². The average Bonchev–Trinajstić information content (AvgIpc) is 2.01. The van der Waals surface area contributed by atoms with Crippen LogP contribution in [0.3, 0.4) is 0 Å². The summed E-state index contributed by atoms with van der Waals surface area (Å²) in [7, 11) is 0. The van der Waals surface area contributed by atoms with Crippen LogP contribution in [0.15, 0.2) is 12.4 Å². The van der Waals surface area contributed by atoms with Gasteiger partial charge < -0.3 is 0 Å². The smallest absolute Gasteiger partial charge is 0.0740 e. The molecule has 0 aliphatic carbocycles. The summed E-state index contributed by atoms with van der Waals surface area (Å²) in [5.74, 6) is 0. The Morgan fingerprint density at radius 2 is 1.36 bits per heavy atom. The molecule has 0 spiro atoms. The fraction of sp³-hybridized carbons (Fsp3) is 0.636. The van der Waals surface area contributed by atoms with E-state index in [1.165, 1.54) is 0 Å². The summed E-state index contributed by atoms with van der Waals surface area (Å²) in [5, 5.41) is 0. The minimum absolute atomic E-state index is 0.0567. The van der Waals surface area contributed by atoms with Crippen LogP contribution in [-0.4, -0.2) is 9.97 Å². The average molecular weight is 304 g/mol. The fourth-order valence-corrected chi connectivity index (χ4v) is 1.30. The van der Waals surface area contributed by atoms with E-state index < -0.39 is 0 Å². The molecule has 0 aliphatic rings. The SMILES string of the molecule is CC(C)(C)c1cnc(C(C)(C)I)cn1. The van der Waals surface area contributed by atoms with Gasteiger partial charge in [-0.1, -0.05) is 43.4 Å². The molecule has 1 aromatic heterocycles. The zero-order chi connectivity index (χ0) is 11.0. The van der Waals surface area contributed by atoms with E-state index in [4.69, 9.17) is 0 Å². The van der Waals surface area contributed by atoms with Gasteiger partial charge in [-0.05, 0) is 13.8 Å². The third-order valence-electron chi connectivity index (χ3n) is 2.03. The molecule has 14 heavy (non-hydrogen) atoms. The van der Waals surface area contributed by atoms with Crippen molar-refractivity contribution in [3.63, 3.8) is 0 Å². The molecule has 3 heteroatoms. The lowest BCUT2D eigenvalue weighted by atomic mass is 9.92. The number of hydrogen-bond donors (Lipinski definition) is 0. The van der Waals surface area contributed by atoms with Gasteiger partial charge >= 0.3 is 0 Å². The van der Waals surface area contributed by atoms with E-state index in [1.807, 2.05) is 12.4 Å². The number of halogens is 1. The summed E-state index contributed by atoms with van der Waals surface area (Å²) < 4.78 is 0.0567. The van der Waals surface area contributed by atoms with Crippen molar-refractivity contribution in [1.29, 1.82) is 0 Å². The summed E-state index contributed by atoms with van der Waals surface area (Å²) in [6.07, 6.45) is 3.77. The van der Waals surface area contributed by atoms with Crippen molar-refractivity contribution in [2.24, 2.45) is 0 Å². The maximum atomic E-state index is 4.45. The Balaban J connectivity index is 3.02. The molecule has 0 saturated carbocycles. The number of alkyl halides is 1. The van der Waals surface area contributed by atoms with Gasteiger partial charge in [0.05, 0.1) is 21.0 Å². The van der Waals surface area contributed by atoms with Crippen molar-refractivity contribution in [1.82, 2.24) is 9.97 Å². The van der Waals surface area contributed by atoms with E-state index in [9.17, 15) is 0 Å². The van der Waals surface area contributed by atoms with Crippen molar-refractivity contribution >= 4 is 22.6 Å². The zero-order valence-electron chi connectivity index (χ0n) is 9.43. The zero-order valence-corrected chi connectivity index (χ0v) is 11.6. The second-order valence-corrected chi connectivity index (χ2v) is 7.71. The van der Waals surface area contributed by atoms with Crippen LogP contribution in [-0.2, 0) is 8.84 Å². The van der Waals surface area contributed by atoms with Crippen molar-refractivity contribution in [3.05, 3.63) is 23.8 Å². The van der Waals surface area contributed by atoms with Crippen molar-refractivity contribution < 1.29 is 0 Å². The highest BCUT2D eigenvalue weighted by molar-refractivity contribution is 14.1. The van der Waals surface area contributed by atoms with E-state index in [1.54, 1.807) is 0 Å². The first kappa shape index (κ1) is 11.9. The first-order chi connectivity index (χ1) is 6.21. The van der Waals surface area contributed by atoms with Crippen LogP contribution in [0.5, 0.6) is 0 Å². The molecule has 0 fully saturated rings. The maximum absolute atomic E-state index is 4.45. The normalized spacial score (nSPS) is 13.0. The lowest BCUT2D eigenvalue weighted by molar-refractivity contribution is 0.562. The number of nitrogens with zero attached hydrogens (tertiary/aromatic N) is 2. The van der Waals surface area contributed by atoms with Gasteiger partial charge in [-0.3, -0.25) is 9.97 Å². The summed E-state index contributed by atoms with van der Waals surface area (Å²) in [5.41, 5.74) is 2.16. The lowest BCUT2D eigenvalue weighted by Gasteiger charge is -2.19. The van der Waals surface area contributed by atoms with Gasteiger partial charge in [0, 0.05) is 11.6 Å². The molecular weight excluding hydrogens is 287 g/mol. The van der Waals surface area contributed by atoms with Gasteiger partial charge in [0.25, 0.3) is 0 Å². The third kappa shape index (κ3) is 2.90. The second kappa shape index (κ2) is 3.76. The Labute approximate surface area is 99.7 Å². The molecule has 0 N–H and O–H groups in total. The van der Waals surface area contributed by atoms with Gasteiger partial charge in [0.2, 0.25) is 0 Å². The monoisotopic (exact) mass is 304 g/mol. The Morgan fingerprint density at radius 3 is 1.64 bits per heavy atom. The largest absolute Gasteiger partial charge is 0.257 e. The molecule has 0 unspecified atom stereocenters. The highest BCUT2D eigenvalue weighted by Gasteiger charge is 2.20. The van der Waals surface area contributed by atoms with E-state index in [2.05, 4.69) is 67.2 Å². The summed E-state index contributed by atoms with van der Waals surface area (Å²) in [6, 6.07) is 0. The van der Waals surface area contributed by atoms with E-state index in [-0.39, 0.29) is 8.84 Å². The molecule has 78 valence electrons. The molecule has 0 aliphatic heterocycles. The molecule has 1 aromatic rings. The minimum Gasteiger partial charge on any atom is -0.257 e. The van der Waals surface area contributed by atoms with Crippen LogP contribution >= 0.6 is 22.6 Å². The molecule has 0 atom stereocenters. The standard InChI is InChI=1S/C11H17IN2/c1-10(2,3)8-6-14-9(7-13-8)11(4,5)12/h6-7H,1-5H3. The Kier molecular flexibility index (Phi) is 3.19. The molecule has 0 bridgehead atoms. The van der Waals surface area contributed by atoms with Gasteiger partial charge in [0.15, 0.2) is 0 Å². The number of hydrogen-bond acceptors (Lipinski definition) is 2.